The molecule has 2 aromatic rings. The standard InChI is InChI=1S/C18H22ClNO4/c1-10(2)20(11(3)4)17(21)12(5)23-18(22)16-9-13-8-14(19)6-7-15(13)24-16/h6-12H,1-5H3/t12-/m1/s1. The number of carbonyl (C=O) groups excluding carboxylic acids is 2. The Balaban J connectivity index is 2.13. The fourth-order valence-electron chi connectivity index (χ4n) is 2.70. The van der Waals surface area contributed by atoms with E-state index < -0.39 is 12.1 Å². The largest absolute Gasteiger partial charge is 0.449 e. The molecule has 1 heterocycles. The third-order valence-electron chi connectivity index (χ3n) is 3.68. The Morgan fingerprint density at radius 2 is 1.71 bits per heavy atom. The normalized spacial score (nSPS) is 12.7. The smallest absolute Gasteiger partial charge is 0.375 e. The van der Waals surface area contributed by atoms with Crippen LogP contribution in [0.25, 0.3) is 11.0 Å². The average molecular weight is 352 g/mol. The Labute approximate surface area is 146 Å². The number of hydrogen-bond acceptors (Lipinski definition) is 4. The summed E-state index contributed by atoms with van der Waals surface area (Å²) in [6.45, 7) is 9.27. The Hall–Kier alpha value is -2.01. The second-order valence-electron chi connectivity index (χ2n) is 6.27. The second kappa shape index (κ2) is 7.26. The van der Waals surface area contributed by atoms with E-state index in [-0.39, 0.29) is 23.8 Å². The van der Waals surface area contributed by atoms with Gasteiger partial charge in [0.05, 0.1) is 0 Å². The van der Waals surface area contributed by atoms with Gasteiger partial charge >= 0.3 is 5.97 Å². The predicted octanol–water partition coefficient (Wildman–Crippen LogP) is 4.28. The summed E-state index contributed by atoms with van der Waals surface area (Å²) in [6.07, 6.45) is -0.890. The Morgan fingerprint density at radius 3 is 2.29 bits per heavy atom. The summed E-state index contributed by atoms with van der Waals surface area (Å²) in [4.78, 5) is 26.5. The lowest BCUT2D eigenvalue weighted by Crippen LogP contribution is -2.47. The lowest BCUT2D eigenvalue weighted by Gasteiger charge is -2.32. The van der Waals surface area contributed by atoms with Gasteiger partial charge in [-0.3, -0.25) is 4.79 Å². The van der Waals surface area contributed by atoms with Crippen molar-refractivity contribution in [2.75, 3.05) is 0 Å². The molecule has 2 rings (SSSR count). The number of furan rings is 1. The number of fused-ring (bicyclic) bond motifs is 1. The molecule has 0 spiro atoms. The van der Waals surface area contributed by atoms with Gasteiger partial charge in [-0.05, 0) is 58.9 Å². The van der Waals surface area contributed by atoms with Crippen LogP contribution in [0.3, 0.4) is 0 Å². The van der Waals surface area contributed by atoms with Crippen LogP contribution in [-0.4, -0.2) is 35.0 Å². The molecule has 0 saturated heterocycles. The molecule has 0 N–H and O–H groups in total. The van der Waals surface area contributed by atoms with Gasteiger partial charge in [0.15, 0.2) is 6.10 Å². The van der Waals surface area contributed by atoms with Gasteiger partial charge in [0.2, 0.25) is 5.76 Å². The molecule has 1 atom stereocenters. The van der Waals surface area contributed by atoms with Crippen molar-refractivity contribution in [1.82, 2.24) is 4.90 Å². The van der Waals surface area contributed by atoms with Crippen molar-refractivity contribution in [3.8, 4) is 0 Å². The molecular weight excluding hydrogens is 330 g/mol. The summed E-state index contributed by atoms with van der Waals surface area (Å²) in [7, 11) is 0. The monoisotopic (exact) mass is 351 g/mol. The number of carbonyl (C=O) groups is 2. The van der Waals surface area contributed by atoms with Crippen molar-refractivity contribution < 1.29 is 18.7 Å². The summed E-state index contributed by atoms with van der Waals surface area (Å²) in [6, 6.07) is 6.66. The number of amides is 1. The van der Waals surface area contributed by atoms with Crippen LogP contribution in [0, 0.1) is 0 Å². The zero-order valence-corrected chi connectivity index (χ0v) is 15.3. The molecule has 0 bridgehead atoms. The summed E-state index contributed by atoms with van der Waals surface area (Å²) in [5.41, 5.74) is 0.538. The molecule has 6 heteroatoms. The van der Waals surface area contributed by atoms with E-state index in [4.69, 9.17) is 20.8 Å². The number of halogens is 1. The van der Waals surface area contributed by atoms with Gasteiger partial charge in [0.1, 0.15) is 5.58 Å². The number of nitrogens with zero attached hydrogens (tertiary/aromatic N) is 1. The minimum Gasteiger partial charge on any atom is -0.449 e. The summed E-state index contributed by atoms with van der Waals surface area (Å²) in [5, 5.41) is 1.26. The molecule has 0 unspecified atom stereocenters. The molecule has 0 aliphatic heterocycles. The highest BCUT2D eigenvalue weighted by Gasteiger charge is 2.28. The zero-order valence-electron chi connectivity index (χ0n) is 14.5. The van der Waals surface area contributed by atoms with Gasteiger partial charge in [-0.15, -0.1) is 0 Å². The van der Waals surface area contributed by atoms with Gasteiger partial charge in [0.25, 0.3) is 5.91 Å². The van der Waals surface area contributed by atoms with Crippen LogP contribution in [0.5, 0.6) is 0 Å². The number of esters is 1. The van der Waals surface area contributed by atoms with Crippen molar-refractivity contribution in [2.24, 2.45) is 0 Å². The Kier molecular flexibility index (Phi) is 5.54. The topological polar surface area (TPSA) is 59.8 Å². The van der Waals surface area contributed by atoms with Crippen LogP contribution >= 0.6 is 11.6 Å². The lowest BCUT2D eigenvalue weighted by molar-refractivity contribution is -0.143. The first-order valence-corrected chi connectivity index (χ1v) is 8.30. The average Bonchev–Trinajstić information content (AvgIpc) is 2.89. The number of rotatable bonds is 5. The summed E-state index contributed by atoms with van der Waals surface area (Å²) >= 11 is 5.92. The highest BCUT2D eigenvalue weighted by molar-refractivity contribution is 6.31. The number of ether oxygens (including phenoxy) is 1. The molecule has 5 nitrogen and oxygen atoms in total. The molecule has 0 aliphatic carbocycles. The van der Waals surface area contributed by atoms with Gasteiger partial charge in [-0.1, -0.05) is 11.6 Å². The maximum absolute atomic E-state index is 12.5. The van der Waals surface area contributed by atoms with Crippen molar-refractivity contribution in [2.45, 2.75) is 52.8 Å². The molecule has 1 aromatic carbocycles. The van der Waals surface area contributed by atoms with Crippen LogP contribution < -0.4 is 0 Å². The minimum absolute atomic E-state index is 0.0204. The first kappa shape index (κ1) is 18.3. The number of benzene rings is 1. The molecule has 0 fully saturated rings. The fourth-order valence-corrected chi connectivity index (χ4v) is 2.88. The van der Waals surface area contributed by atoms with Crippen LogP contribution in [0.1, 0.15) is 45.2 Å². The molecule has 24 heavy (non-hydrogen) atoms. The van der Waals surface area contributed by atoms with Gasteiger partial charge in [0, 0.05) is 22.5 Å². The molecule has 0 saturated carbocycles. The molecule has 1 aromatic heterocycles. The van der Waals surface area contributed by atoms with E-state index in [2.05, 4.69) is 0 Å². The van der Waals surface area contributed by atoms with Crippen LogP contribution in [0.4, 0.5) is 0 Å². The lowest BCUT2D eigenvalue weighted by atomic mass is 10.2. The first-order chi connectivity index (χ1) is 11.2. The zero-order chi connectivity index (χ0) is 18.0. The van der Waals surface area contributed by atoms with E-state index in [0.717, 1.165) is 0 Å². The second-order valence-corrected chi connectivity index (χ2v) is 6.71. The van der Waals surface area contributed by atoms with Crippen LogP contribution in [0.2, 0.25) is 5.02 Å². The summed E-state index contributed by atoms with van der Waals surface area (Å²) < 4.78 is 10.7. The van der Waals surface area contributed by atoms with Gasteiger partial charge in [-0.2, -0.15) is 0 Å². The van der Waals surface area contributed by atoms with Crippen molar-refractivity contribution in [1.29, 1.82) is 0 Å². The first-order valence-electron chi connectivity index (χ1n) is 7.93. The van der Waals surface area contributed by atoms with E-state index in [1.165, 1.54) is 0 Å². The van der Waals surface area contributed by atoms with Crippen molar-refractivity contribution in [3.63, 3.8) is 0 Å². The van der Waals surface area contributed by atoms with Gasteiger partial charge in [-0.25, -0.2) is 4.79 Å². The quantitative estimate of drug-likeness (QED) is 0.754. The predicted molar refractivity (Wildman–Crippen MR) is 93.2 cm³/mol. The third kappa shape index (κ3) is 3.90. The minimum atomic E-state index is -0.890. The van der Waals surface area contributed by atoms with Crippen molar-refractivity contribution in [3.05, 3.63) is 35.0 Å². The van der Waals surface area contributed by atoms with Crippen LogP contribution in [0.15, 0.2) is 28.7 Å². The Bertz CT molecular complexity index is 743. The highest BCUT2D eigenvalue weighted by atomic mass is 35.5. The molecule has 1 amide bonds. The molecular formula is C18H22ClNO4. The Morgan fingerprint density at radius 1 is 1.08 bits per heavy atom. The summed E-state index contributed by atoms with van der Waals surface area (Å²) in [5.74, 6) is -0.851. The van der Waals surface area contributed by atoms with Crippen LogP contribution in [-0.2, 0) is 9.53 Å². The maximum Gasteiger partial charge on any atom is 0.375 e. The van der Waals surface area contributed by atoms with Crippen molar-refractivity contribution >= 4 is 34.4 Å². The fraction of sp³-hybridized carbons (Fsp3) is 0.444. The van der Waals surface area contributed by atoms with E-state index >= 15 is 0 Å². The molecule has 130 valence electrons. The highest BCUT2D eigenvalue weighted by Crippen LogP contribution is 2.24. The van der Waals surface area contributed by atoms with E-state index in [9.17, 15) is 9.59 Å². The van der Waals surface area contributed by atoms with Gasteiger partial charge < -0.3 is 14.1 Å². The van der Waals surface area contributed by atoms with E-state index in [1.807, 2.05) is 27.7 Å². The molecule has 0 aliphatic rings. The van der Waals surface area contributed by atoms with E-state index in [0.29, 0.717) is 16.0 Å². The van der Waals surface area contributed by atoms with E-state index in [1.54, 1.807) is 36.1 Å². The molecule has 0 radical (unpaired) electrons. The number of hydrogen-bond donors (Lipinski definition) is 0. The maximum atomic E-state index is 12.5. The SMILES string of the molecule is CC(C)N(C(=O)[C@@H](C)OC(=O)c1cc2cc(Cl)ccc2o1)C(C)C. The third-order valence-corrected chi connectivity index (χ3v) is 3.91.